The molecule has 0 aliphatic carbocycles. The summed E-state index contributed by atoms with van der Waals surface area (Å²) in [5, 5.41) is 3.55. The highest BCUT2D eigenvalue weighted by Crippen LogP contribution is 2.08. The van der Waals surface area contributed by atoms with Crippen LogP contribution in [0.3, 0.4) is 0 Å². The van der Waals surface area contributed by atoms with E-state index in [1.807, 2.05) is 12.1 Å². The van der Waals surface area contributed by atoms with E-state index in [0.29, 0.717) is 18.0 Å². The molecule has 2 unspecified atom stereocenters. The van der Waals surface area contributed by atoms with Gasteiger partial charge in [-0.05, 0) is 43.9 Å². The Morgan fingerprint density at radius 2 is 1.62 bits per heavy atom. The average Bonchev–Trinajstić information content (AvgIpc) is 2.21. The van der Waals surface area contributed by atoms with Crippen LogP contribution in [0.4, 0.5) is 4.39 Å². The number of hydrogen-bond donors (Lipinski definition) is 1. The van der Waals surface area contributed by atoms with Crippen molar-refractivity contribution in [1.29, 1.82) is 0 Å². The van der Waals surface area contributed by atoms with E-state index in [2.05, 4.69) is 33.0 Å². The van der Waals surface area contributed by atoms with Crippen molar-refractivity contribution in [2.24, 2.45) is 5.92 Å². The van der Waals surface area contributed by atoms with Gasteiger partial charge in [0.05, 0.1) is 0 Å². The van der Waals surface area contributed by atoms with Crippen LogP contribution in [0.1, 0.15) is 33.3 Å². The smallest absolute Gasteiger partial charge is 0.123 e. The summed E-state index contributed by atoms with van der Waals surface area (Å²) in [5.74, 6) is 0.468. The van der Waals surface area contributed by atoms with Crippen LogP contribution in [-0.4, -0.2) is 12.1 Å². The van der Waals surface area contributed by atoms with Gasteiger partial charge in [0.1, 0.15) is 5.82 Å². The Balaban J connectivity index is 2.45. The fraction of sp³-hybridized carbons (Fsp3) is 0.571. The Hall–Kier alpha value is -0.890. The highest BCUT2D eigenvalue weighted by atomic mass is 19.1. The second-order valence-corrected chi connectivity index (χ2v) is 4.93. The van der Waals surface area contributed by atoms with Crippen molar-refractivity contribution in [3.8, 4) is 0 Å². The van der Waals surface area contributed by atoms with E-state index in [9.17, 15) is 4.39 Å². The lowest BCUT2D eigenvalue weighted by Crippen LogP contribution is -2.38. The maximum Gasteiger partial charge on any atom is 0.123 e. The molecule has 2 atom stereocenters. The Morgan fingerprint density at radius 3 is 2.12 bits per heavy atom. The quantitative estimate of drug-likeness (QED) is 0.806. The molecule has 0 saturated heterocycles. The molecule has 0 aliphatic rings. The van der Waals surface area contributed by atoms with Crippen molar-refractivity contribution in [3.05, 3.63) is 35.6 Å². The lowest BCUT2D eigenvalue weighted by molar-refractivity contribution is 0.382. The van der Waals surface area contributed by atoms with Gasteiger partial charge in [0.25, 0.3) is 0 Å². The fourth-order valence-corrected chi connectivity index (χ4v) is 1.67. The molecule has 1 aromatic rings. The van der Waals surface area contributed by atoms with Gasteiger partial charge in [-0.3, -0.25) is 0 Å². The van der Waals surface area contributed by atoms with Gasteiger partial charge in [0, 0.05) is 12.1 Å². The highest BCUT2D eigenvalue weighted by molar-refractivity contribution is 5.17. The van der Waals surface area contributed by atoms with E-state index in [1.54, 1.807) is 0 Å². The molecule has 1 N–H and O–H groups in total. The van der Waals surface area contributed by atoms with E-state index < -0.39 is 0 Å². The molecule has 0 bridgehead atoms. The summed E-state index contributed by atoms with van der Waals surface area (Å²) in [6, 6.07) is 7.68. The average molecular weight is 223 g/mol. The van der Waals surface area contributed by atoms with Crippen molar-refractivity contribution in [3.63, 3.8) is 0 Å². The lowest BCUT2D eigenvalue weighted by Gasteiger charge is -2.23. The Bertz CT molecular complexity index is 305. The third-order valence-electron chi connectivity index (χ3n) is 3.00. The summed E-state index contributed by atoms with van der Waals surface area (Å²) >= 11 is 0. The number of halogens is 1. The summed E-state index contributed by atoms with van der Waals surface area (Å²) < 4.78 is 12.7. The summed E-state index contributed by atoms with van der Waals surface area (Å²) in [4.78, 5) is 0. The van der Waals surface area contributed by atoms with Crippen LogP contribution in [0.2, 0.25) is 0 Å². The van der Waals surface area contributed by atoms with Gasteiger partial charge in [0.15, 0.2) is 0 Å². The molecule has 0 amide bonds. The molecule has 0 aromatic heterocycles. The van der Waals surface area contributed by atoms with Crippen molar-refractivity contribution in [2.75, 3.05) is 0 Å². The zero-order valence-corrected chi connectivity index (χ0v) is 10.6. The molecule has 90 valence electrons. The van der Waals surface area contributed by atoms with Crippen LogP contribution in [-0.2, 0) is 6.42 Å². The van der Waals surface area contributed by atoms with Gasteiger partial charge < -0.3 is 5.32 Å². The monoisotopic (exact) mass is 223 g/mol. The number of nitrogens with one attached hydrogen (secondary N) is 1. The first kappa shape index (κ1) is 13.2. The SMILES string of the molecule is CC(Cc1ccc(F)cc1)NC(C)C(C)C. The minimum atomic E-state index is -0.167. The van der Waals surface area contributed by atoms with Crippen LogP contribution in [0, 0.1) is 11.7 Å². The number of rotatable bonds is 5. The summed E-state index contributed by atoms with van der Waals surface area (Å²) in [6.07, 6.45) is 0.942. The Kier molecular flexibility index (Phi) is 4.94. The van der Waals surface area contributed by atoms with Crippen molar-refractivity contribution in [1.82, 2.24) is 5.32 Å². The molecule has 1 rings (SSSR count). The molecular weight excluding hydrogens is 201 g/mol. The van der Waals surface area contributed by atoms with Gasteiger partial charge in [-0.15, -0.1) is 0 Å². The maximum atomic E-state index is 12.7. The molecule has 0 radical (unpaired) electrons. The van der Waals surface area contributed by atoms with Crippen LogP contribution in [0.25, 0.3) is 0 Å². The van der Waals surface area contributed by atoms with Crippen LogP contribution < -0.4 is 5.32 Å². The second-order valence-electron chi connectivity index (χ2n) is 4.93. The number of hydrogen-bond acceptors (Lipinski definition) is 1. The minimum Gasteiger partial charge on any atom is -0.311 e. The molecule has 0 saturated carbocycles. The van der Waals surface area contributed by atoms with Crippen molar-refractivity contribution >= 4 is 0 Å². The Morgan fingerprint density at radius 1 is 1.06 bits per heavy atom. The molecular formula is C14H22FN. The van der Waals surface area contributed by atoms with E-state index in [0.717, 1.165) is 6.42 Å². The lowest BCUT2D eigenvalue weighted by atomic mass is 10.0. The third kappa shape index (κ3) is 4.31. The zero-order valence-electron chi connectivity index (χ0n) is 10.6. The second kappa shape index (κ2) is 6.00. The number of benzene rings is 1. The first-order valence-electron chi connectivity index (χ1n) is 5.99. The predicted molar refractivity (Wildman–Crippen MR) is 67.0 cm³/mol. The van der Waals surface area contributed by atoms with E-state index in [4.69, 9.17) is 0 Å². The third-order valence-corrected chi connectivity index (χ3v) is 3.00. The summed E-state index contributed by atoms with van der Waals surface area (Å²) in [6.45, 7) is 8.79. The standard InChI is InChI=1S/C14H22FN/c1-10(2)12(4)16-11(3)9-13-5-7-14(15)8-6-13/h5-8,10-12,16H,9H2,1-4H3. The van der Waals surface area contributed by atoms with Gasteiger partial charge in [-0.1, -0.05) is 26.0 Å². The molecule has 0 fully saturated rings. The molecule has 16 heavy (non-hydrogen) atoms. The highest BCUT2D eigenvalue weighted by Gasteiger charge is 2.10. The van der Waals surface area contributed by atoms with Crippen molar-refractivity contribution < 1.29 is 4.39 Å². The molecule has 1 nitrogen and oxygen atoms in total. The minimum absolute atomic E-state index is 0.167. The topological polar surface area (TPSA) is 12.0 Å². The van der Waals surface area contributed by atoms with Crippen molar-refractivity contribution in [2.45, 2.75) is 46.2 Å². The van der Waals surface area contributed by atoms with Gasteiger partial charge >= 0.3 is 0 Å². The largest absolute Gasteiger partial charge is 0.311 e. The predicted octanol–water partition coefficient (Wildman–Crippen LogP) is 3.39. The first-order chi connectivity index (χ1) is 7.49. The van der Waals surface area contributed by atoms with E-state index in [-0.39, 0.29) is 5.82 Å². The molecule has 0 heterocycles. The van der Waals surface area contributed by atoms with E-state index >= 15 is 0 Å². The normalized spacial score (nSPS) is 15.1. The zero-order chi connectivity index (χ0) is 12.1. The molecule has 2 heteroatoms. The van der Waals surface area contributed by atoms with Crippen LogP contribution >= 0.6 is 0 Å². The van der Waals surface area contributed by atoms with E-state index in [1.165, 1.54) is 17.7 Å². The molecule has 0 spiro atoms. The maximum absolute atomic E-state index is 12.7. The van der Waals surface area contributed by atoms with Gasteiger partial charge in [-0.2, -0.15) is 0 Å². The van der Waals surface area contributed by atoms with Crippen LogP contribution in [0.15, 0.2) is 24.3 Å². The summed E-state index contributed by atoms with van der Waals surface area (Å²) in [7, 11) is 0. The Labute approximate surface area is 98.1 Å². The fourth-order valence-electron chi connectivity index (χ4n) is 1.67. The first-order valence-corrected chi connectivity index (χ1v) is 5.99. The van der Waals surface area contributed by atoms with Gasteiger partial charge in [0.2, 0.25) is 0 Å². The molecule has 1 aromatic carbocycles. The molecule has 0 aliphatic heterocycles. The van der Waals surface area contributed by atoms with Crippen LogP contribution in [0.5, 0.6) is 0 Å². The van der Waals surface area contributed by atoms with Gasteiger partial charge in [-0.25, -0.2) is 4.39 Å². The summed E-state index contributed by atoms with van der Waals surface area (Å²) in [5.41, 5.74) is 1.18.